The predicted octanol–water partition coefficient (Wildman–Crippen LogP) is 4.52. The summed E-state index contributed by atoms with van der Waals surface area (Å²) in [5, 5.41) is 0. The lowest BCUT2D eigenvalue weighted by Gasteiger charge is -2.25. The third-order valence-electron chi connectivity index (χ3n) is 4.19. The Morgan fingerprint density at radius 2 is 1.77 bits per heavy atom. The zero-order valence-electron chi connectivity index (χ0n) is 12.6. The van der Waals surface area contributed by atoms with Crippen molar-refractivity contribution in [3.63, 3.8) is 0 Å². The van der Waals surface area contributed by atoms with E-state index in [1.54, 1.807) is 0 Å². The van der Waals surface area contributed by atoms with Gasteiger partial charge in [-0.2, -0.15) is 0 Å². The lowest BCUT2D eigenvalue weighted by Crippen LogP contribution is -2.09. The van der Waals surface area contributed by atoms with Gasteiger partial charge >= 0.3 is 5.97 Å². The molecule has 2 aliphatic rings. The molecule has 4 heteroatoms. The van der Waals surface area contributed by atoms with Crippen LogP contribution in [0.5, 0.6) is 23.0 Å². The van der Waals surface area contributed by atoms with Gasteiger partial charge in [-0.25, -0.2) is 4.79 Å². The lowest BCUT2D eigenvalue weighted by molar-refractivity contribution is 0.0534. The summed E-state index contributed by atoms with van der Waals surface area (Å²) in [7, 11) is 0. The molecule has 112 valence electrons. The standard InChI is InChI=1S/C18H16O4/c1-3-6-11-12-9-20-18(19)15(12)10(2)16-17(11)22-14-8-5-4-7-13(14)21-16/h4-5,7-8H,3,6,9H2,1-2H3. The van der Waals surface area contributed by atoms with Crippen molar-refractivity contribution in [2.75, 3.05) is 0 Å². The molecule has 0 spiro atoms. The minimum absolute atomic E-state index is 0.268. The second-order valence-electron chi connectivity index (χ2n) is 5.59. The number of ether oxygens (including phenoxy) is 3. The Bertz CT molecular complexity index is 792. The third-order valence-corrected chi connectivity index (χ3v) is 4.19. The van der Waals surface area contributed by atoms with Crippen LogP contribution in [0.25, 0.3) is 0 Å². The Balaban J connectivity index is 1.97. The first-order chi connectivity index (χ1) is 10.7. The minimum atomic E-state index is -0.268. The SMILES string of the molecule is CCCc1c2c(c(C)c3c1Oc1ccccc1O3)C(=O)OC2. The number of para-hydroxylation sites is 2. The molecule has 0 radical (unpaired) electrons. The van der Waals surface area contributed by atoms with Gasteiger partial charge in [-0.1, -0.05) is 25.5 Å². The van der Waals surface area contributed by atoms with E-state index >= 15 is 0 Å². The quantitative estimate of drug-likeness (QED) is 0.652. The highest BCUT2D eigenvalue weighted by Gasteiger charge is 2.34. The van der Waals surface area contributed by atoms with Gasteiger partial charge in [-0.15, -0.1) is 0 Å². The molecular formula is C18H16O4. The molecule has 0 atom stereocenters. The summed E-state index contributed by atoms with van der Waals surface area (Å²) in [6.45, 7) is 4.31. The monoisotopic (exact) mass is 296 g/mol. The summed E-state index contributed by atoms with van der Waals surface area (Å²) in [4.78, 5) is 12.1. The topological polar surface area (TPSA) is 44.8 Å². The fourth-order valence-electron chi connectivity index (χ4n) is 3.16. The molecule has 2 heterocycles. The number of hydrogen-bond donors (Lipinski definition) is 0. The molecule has 0 aliphatic carbocycles. The minimum Gasteiger partial charge on any atom is -0.457 e. The van der Waals surface area contributed by atoms with Crippen LogP contribution in [0, 0.1) is 6.92 Å². The Morgan fingerprint density at radius 3 is 2.45 bits per heavy atom. The Kier molecular flexibility index (Phi) is 2.86. The number of esters is 1. The van der Waals surface area contributed by atoms with Gasteiger partial charge in [0, 0.05) is 16.7 Å². The smallest absolute Gasteiger partial charge is 0.339 e. The molecule has 0 bridgehead atoms. The number of carbonyl (C=O) groups is 1. The highest BCUT2D eigenvalue weighted by Crippen LogP contribution is 2.51. The van der Waals surface area contributed by atoms with Crippen LogP contribution < -0.4 is 9.47 Å². The molecule has 0 amide bonds. The number of benzene rings is 2. The summed E-state index contributed by atoms with van der Waals surface area (Å²) in [6, 6.07) is 7.57. The fourth-order valence-corrected chi connectivity index (χ4v) is 3.16. The van der Waals surface area contributed by atoms with E-state index in [9.17, 15) is 4.79 Å². The normalized spacial score (nSPS) is 14.4. The number of fused-ring (bicyclic) bond motifs is 3. The van der Waals surface area contributed by atoms with Crippen molar-refractivity contribution < 1.29 is 19.0 Å². The molecule has 2 aliphatic heterocycles. The van der Waals surface area contributed by atoms with Crippen molar-refractivity contribution in [1.82, 2.24) is 0 Å². The first-order valence-corrected chi connectivity index (χ1v) is 7.50. The zero-order chi connectivity index (χ0) is 15.3. The average Bonchev–Trinajstić information content (AvgIpc) is 2.92. The first kappa shape index (κ1) is 13.2. The van der Waals surface area contributed by atoms with E-state index in [0.717, 1.165) is 35.3 Å². The van der Waals surface area contributed by atoms with Crippen LogP contribution in [0.1, 0.15) is 40.4 Å². The fraction of sp³-hybridized carbons (Fsp3) is 0.278. The zero-order valence-corrected chi connectivity index (χ0v) is 12.6. The van der Waals surface area contributed by atoms with Crippen molar-refractivity contribution in [2.45, 2.75) is 33.3 Å². The van der Waals surface area contributed by atoms with Crippen LogP contribution in [0.3, 0.4) is 0 Å². The van der Waals surface area contributed by atoms with Crippen molar-refractivity contribution >= 4 is 5.97 Å². The van der Waals surface area contributed by atoms with Crippen LogP contribution in [0.2, 0.25) is 0 Å². The molecule has 2 aromatic rings. The van der Waals surface area contributed by atoms with E-state index in [0.29, 0.717) is 29.4 Å². The van der Waals surface area contributed by atoms with Crippen molar-refractivity contribution in [2.24, 2.45) is 0 Å². The maximum atomic E-state index is 12.1. The second-order valence-corrected chi connectivity index (χ2v) is 5.59. The lowest BCUT2D eigenvalue weighted by atomic mass is 9.93. The largest absolute Gasteiger partial charge is 0.457 e. The molecule has 0 fully saturated rings. The van der Waals surface area contributed by atoms with Gasteiger partial charge in [-0.05, 0) is 25.5 Å². The maximum absolute atomic E-state index is 12.1. The molecule has 0 saturated heterocycles. The molecule has 22 heavy (non-hydrogen) atoms. The third kappa shape index (κ3) is 1.73. The molecule has 0 N–H and O–H groups in total. The van der Waals surface area contributed by atoms with E-state index in [1.165, 1.54) is 0 Å². The van der Waals surface area contributed by atoms with Crippen molar-refractivity contribution in [1.29, 1.82) is 0 Å². The van der Waals surface area contributed by atoms with Gasteiger partial charge in [0.15, 0.2) is 23.0 Å². The Hall–Kier alpha value is -2.49. The Labute approximate surface area is 128 Å². The van der Waals surface area contributed by atoms with Gasteiger partial charge in [-0.3, -0.25) is 0 Å². The highest BCUT2D eigenvalue weighted by molar-refractivity contribution is 5.97. The highest BCUT2D eigenvalue weighted by atomic mass is 16.6. The molecule has 4 rings (SSSR count). The predicted molar refractivity (Wildman–Crippen MR) is 80.9 cm³/mol. The van der Waals surface area contributed by atoms with Gasteiger partial charge in [0.05, 0.1) is 5.56 Å². The molecule has 2 aromatic carbocycles. The van der Waals surface area contributed by atoms with Crippen LogP contribution >= 0.6 is 0 Å². The Morgan fingerprint density at radius 1 is 1.09 bits per heavy atom. The molecule has 0 saturated carbocycles. The van der Waals surface area contributed by atoms with Crippen LogP contribution in [-0.4, -0.2) is 5.97 Å². The average molecular weight is 296 g/mol. The molecule has 4 nitrogen and oxygen atoms in total. The van der Waals surface area contributed by atoms with Gasteiger partial charge < -0.3 is 14.2 Å². The molecule has 0 aromatic heterocycles. The second kappa shape index (κ2) is 4.77. The van der Waals surface area contributed by atoms with Crippen LogP contribution in [0.15, 0.2) is 24.3 Å². The summed E-state index contributed by atoms with van der Waals surface area (Å²) < 4.78 is 17.4. The van der Waals surface area contributed by atoms with Gasteiger partial charge in [0.1, 0.15) is 6.61 Å². The van der Waals surface area contributed by atoms with Gasteiger partial charge in [0.2, 0.25) is 0 Å². The number of carbonyl (C=O) groups excluding carboxylic acids is 1. The van der Waals surface area contributed by atoms with E-state index in [2.05, 4.69) is 6.92 Å². The number of rotatable bonds is 2. The summed E-state index contributed by atoms with van der Waals surface area (Å²) in [6.07, 6.45) is 1.79. The van der Waals surface area contributed by atoms with E-state index in [-0.39, 0.29) is 5.97 Å². The summed E-state index contributed by atoms with van der Waals surface area (Å²) in [5.74, 6) is 2.48. The van der Waals surface area contributed by atoms with E-state index in [1.807, 2.05) is 31.2 Å². The maximum Gasteiger partial charge on any atom is 0.339 e. The molecule has 0 unspecified atom stereocenters. The summed E-state index contributed by atoms with van der Waals surface area (Å²) >= 11 is 0. The van der Waals surface area contributed by atoms with Crippen molar-refractivity contribution in [3.05, 3.63) is 46.5 Å². The van der Waals surface area contributed by atoms with Crippen LogP contribution in [-0.2, 0) is 17.8 Å². The van der Waals surface area contributed by atoms with E-state index < -0.39 is 0 Å². The number of hydrogen-bond acceptors (Lipinski definition) is 4. The summed E-state index contributed by atoms with van der Waals surface area (Å²) in [5.41, 5.74) is 3.41. The van der Waals surface area contributed by atoms with E-state index in [4.69, 9.17) is 14.2 Å². The van der Waals surface area contributed by atoms with Gasteiger partial charge in [0.25, 0.3) is 0 Å². The number of cyclic esters (lactones) is 1. The first-order valence-electron chi connectivity index (χ1n) is 7.50. The van der Waals surface area contributed by atoms with Crippen LogP contribution in [0.4, 0.5) is 0 Å². The van der Waals surface area contributed by atoms with Crippen molar-refractivity contribution in [3.8, 4) is 23.0 Å². The molecular weight excluding hydrogens is 280 g/mol.